The molecular formula is C24H24ClF3N4O2. The Morgan fingerprint density at radius 2 is 1.68 bits per heavy atom. The molecule has 1 aliphatic rings. The molecule has 0 aliphatic heterocycles. The predicted octanol–water partition coefficient (Wildman–Crippen LogP) is 6.57. The molecule has 180 valence electrons. The fraction of sp³-hybridized carbons (Fsp3) is 0.333. The first-order valence-corrected chi connectivity index (χ1v) is 11.1. The highest BCUT2D eigenvalue weighted by Crippen LogP contribution is 2.31. The highest BCUT2D eigenvalue weighted by Gasteiger charge is 2.34. The molecule has 0 heterocycles. The van der Waals surface area contributed by atoms with Crippen LogP contribution in [0.3, 0.4) is 0 Å². The van der Waals surface area contributed by atoms with Crippen LogP contribution in [0.15, 0.2) is 59.8 Å². The van der Waals surface area contributed by atoms with E-state index in [9.17, 15) is 22.9 Å². The molecule has 0 unspecified atom stereocenters. The Bertz CT molecular complexity index is 1080. The molecule has 1 saturated carbocycles. The zero-order chi connectivity index (χ0) is 24.8. The van der Waals surface area contributed by atoms with E-state index in [4.69, 9.17) is 17.0 Å². The van der Waals surface area contributed by atoms with E-state index < -0.39 is 23.3 Å². The van der Waals surface area contributed by atoms with Gasteiger partial charge in [-0.2, -0.15) is 18.1 Å². The topological polar surface area (TPSA) is 94.4 Å². The van der Waals surface area contributed by atoms with Crippen LogP contribution in [0.2, 0.25) is 5.02 Å². The van der Waals surface area contributed by atoms with Gasteiger partial charge in [-0.15, -0.1) is 0 Å². The maximum Gasteiger partial charge on any atom is 0.432 e. The number of nitroso groups, excluding NO2 is 1. The molecule has 0 saturated heterocycles. The lowest BCUT2D eigenvalue weighted by Gasteiger charge is -2.30. The van der Waals surface area contributed by atoms with Crippen molar-refractivity contribution in [3.05, 3.63) is 75.7 Å². The van der Waals surface area contributed by atoms with Crippen molar-refractivity contribution in [3.63, 3.8) is 0 Å². The third-order valence-corrected chi connectivity index (χ3v) is 6.08. The summed E-state index contributed by atoms with van der Waals surface area (Å²) in [6.07, 6.45) is -0.0917. The summed E-state index contributed by atoms with van der Waals surface area (Å²) in [5.74, 6) is -0.409. The Kier molecular flexibility index (Phi) is 8.09. The number of para-hydroxylation sites is 1. The minimum Gasteiger partial charge on any atom is -0.354 e. The maximum absolute atomic E-state index is 13.0. The van der Waals surface area contributed by atoms with Gasteiger partial charge in [0, 0.05) is 17.8 Å². The Balaban J connectivity index is 1.79. The summed E-state index contributed by atoms with van der Waals surface area (Å²) in [5, 5.41) is 16.5. The molecule has 0 aromatic heterocycles. The van der Waals surface area contributed by atoms with E-state index in [2.05, 4.69) is 15.8 Å². The van der Waals surface area contributed by atoms with Gasteiger partial charge in [-0.1, -0.05) is 60.3 Å². The van der Waals surface area contributed by atoms with Crippen LogP contribution in [0.4, 0.5) is 18.9 Å². The third kappa shape index (κ3) is 6.44. The Labute approximate surface area is 200 Å². The highest BCUT2D eigenvalue weighted by atomic mass is 35.5. The molecule has 3 rings (SSSR count). The van der Waals surface area contributed by atoms with Gasteiger partial charge in [0.05, 0.1) is 10.7 Å². The number of allylic oxidation sites excluding steroid dienone is 1. The zero-order valence-corrected chi connectivity index (χ0v) is 19.0. The van der Waals surface area contributed by atoms with Gasteiger partial charge in [0.15, 0.2) is 0 Å². The van der Waals surface area contributed by atoms with Crippen molar-refractivity contribution < 1.29 is 18.0 Å². The number of nitrogens with zero attached hydrogens (tertiary/aromatic N) is 1. The summed E-state index contributed by atoms with van der Waals surface area (Å²) >= 11 is 6.12. The molecule has 0 atom stereocenters. The molecule has 6 nitrogen and oxygen atoms in total. The molecule has 2 aromatic rings. The van der Waals surface area contributed by atoms with Crippen molar-refractivity contribution in [2.24, 2.45) is 5.18 Å². The number of nitrogens with one attached hydrogen (secondary N) is 3. The lowest BCUT2D eigenvalue weighted by Crippen LogP contribution is -2.42. The Hall–Kier alpha value is -3.20. The second-order valence-corrected chi connectivity index (χ2v) is 8.62. The van der Waals surface area contributed by atoms with Crippen LogP contribution >= 0.6 is 11.6 Å². The monoisotopic (exact) mass is 492 g/mol. The van der Waals surface area contributed by atoms with Crippen LogP contribution in [0.25, 0.3) is 5.70 Å². The van der Waals surface area contributed by atoms with Crippen LogP contribution in [0, 0.1) is 10.3 Å². The van der Waals surface area contributed by atoms with Gasteiger partial charge >= 0.3 is 6.18 Å². The third-order valence-electron chi connectivity index (χ3n) is 5.75. The highest BCUT2D eigenvalue weighted by molar-refractivity contribution is 6.33. The van der Waals surface area contributed by atoms with Crippen molar-refractivity contribution >= 4 is 34.6 Å². The molecule has 1 fully saturated rings. The SMILES string of the molecule is N=C(/C=C(\Nc1ccccc1Cl)c1ccc(C(=O)NCC2(N=O)CCCCC2)cc1)C(F)(F)F. The molecular weight excluding hydrogens is 469 g/mol. The van der Waals surface area contributed by atoms with Crippen LogP contribution < -0.4 is 10.6 Å². The van der Waals surface area contributed by atoms with Gasteiger partial charge in [-0.05, 0) is 48.7 Å². The number of halogens is 4. The number of carbonyl (C=O) groups is 1. The molecule has 1 aliphatic carbocycles. The smallest absolute Gasteiger partial charge is 0.354 e. The Morgan fingerprint density at radius 3 is 2.26 bits per heavy atom. The number of hydrogen-bond donors (Lipinski definition) is 3. The Morgan fingerprint density at radius 1 is 1.06 bits per heavy atom. The first-order valence-electron chi connectivity index (χ1n) is 10.8. The van der Waals surface area contributed by atoms with E-state index >= 15 is 0 Å². The summed E-state index contributed by atoms with van der Waals surface area (Å²) in [6, 6.07) is 12.4. The van der Waals surface area contributed by atoms with E-state index in [0.717, 1.165) is 19.3 Å². The van der Waals surface area contributed by atoms with Crippen LogP contribution in [0.1, 0.15) is 48.0 Å². The van der Waals surface area contributed by atoms with E-state index in [1.165, 1.54) is 24.3 Å². The second kappa shape index (κ2) is 10.8. The molecule has 2 aromatic carbocycles. The van der Waals surface area contributed by atoms with E-state index in [0.29, 0.717) is 35.2 Å². The molecule has 0 spiro atoms. The second-order valence-electron chi connectivity index (χ2n) is 8.21. The molecule has 10 heteroatoms. The van der Waals surface area contributed by atoms with Gasteiger partial charge < -0.3 is 10.6 Å². The number of amides is 1. The lowest BCUT2D eigenvalue weighted by atomic mass is 9.82. The molecule has 0 radical (unpaired) electrons. The van der Waals surface area contributed by atoms with E-state index in [1.807, 2.05) is 0 Å². The van der Waals surface area contributed by atoms with Crippen molar-refractivity contribution in [3.8, 4) is 0 Å². The number of alkyl halides is 3. The first kappa shape index (κ1) is 25.4. The summed E-state index contributed by atoms with van der Waals surface area (Å²) < 4.78 is 39.0. The number of benzene rings is 2. The normalized spacial score (nSPS) is 15.9. The fourth-order valence-electron chi connectivity index (χ4n) is 3.78. The van der Waals surface area contributed by atoms with Crippen LogP contribution in [-0.4, -0.2) is 29.9 Å². The molecule has 0 bridgehead atoms. The molecule has 1 amide bonds. The summed E-state index contributed by atoms with van der Waals surface area (Å²) in [7, 11) is 0. The van der Waals surface area contributed by atoms with Crippen molar-refractivity contribution in [1.29, 1.82) is 5.41 Å². The zero-order valence-electron chi connectivity index (χ0n) is 18.2. The molecule has 3 N–H and O–H groups in total. The number of hydrogen-bond acceptors (Lipinski definition) is 5. The van der Waals surface area contributed by atoms with Crippen molar-refractivity contribution in [1.82, 2.24) is 5.32 Å². The minimum atomic E-state index is -4.82. The van der Waals surface area contributed by atoms with E-state index in [-0.39, 0.29) is 17.8 Å². The van der Waals surface area contributed by atoms with Gasteiger partial charge in [-0.3, -0.25) is 10.2 Å². The van der Waals surface area contributed by atoms with Gasteiger partial charge in [0.25, 0.3) is 5.91 Å². The molecule has 34 heavy (non-hydrogen) atoms. The average molecular weight is 493 g/mol. The predicted molar refractivity (Wildman–Crippen MR) is 127 cm³/mol. The van der Waals surface area contributed by atoms with Gasteiger partial charge in [-0.25, -0.2) is 0 Å². The number of carbonyl (C=O) groups excluding carboxylic acids is 1. The van der Waals surface area contributed by atoms with E-state index in [1.54, 1.807) is 24.3 Å². The van der Waals surface area contributed by atoms with Gasteiger partial charge in [0.1, 0.15) is 11.3 Å². The summed E-state index contributed by atoms with van der Waals surface area (Å²) in [4.78, 5) is 23.9. The number of anilines is 1. The standard InChI is InChI=1S/C24H24ClF3N4O2/c25-18-6-2-3-7-19(18)31-20(14-21(29)24(26,27)28)16-8-10-17(11-9-16)22(33)30-15-23(32-34)12-4-1-5-13-23/h2-3,6-11,14,29,31H,1,4-5,12-13,15H2,(H,30,33)/b20-14-,29-21?. The van der Waals surface area contributed by atoms with Crippen molar-refractivity contribution in [2.45, 2.75) is 43.8 Å². The summed E-state index contributed by atoms with van der Waals surface area (Å²) in [6.45, 7) is 0.138. The van der Waals surface area contributed by atoms with Crippen molar-refractivity contribution in [2.75, 3.05) is 11.9 Å². The maximum atomic E-state index is 13.0. The lowest BCUT2D eigenvalue weighted by molar-refractivity contribution is -0.0583. The largest absolute Gasteiger partial charge is 0.432 e. The number of rotatable bonds is 8. The van der Waals surface area contributed by atoms with Crippen LogP contribution in [-0.2, 0) is 0 Å². The van der Waals surface area contributed by atoms with Crippen LogP contribution in [0.5, 0.6) is 0 Å². The minimum absolute atomic E-state index is 0.00584. The summed E-state index contributed by atoms with van der Waals surface area (Å²) in [5.41, 5.74) is -1.36. The average Bonchev–Trinajstić information content (AvgIpc) is 2.83. The quantitative estimate of drug-likeness (QED) is 0.287. The van der Waals surface area contributed by atoms with Gasteiger partial charge in [0.2, 0.25) is 0 Å². The first-order chi connectivity index (χ1) is 16.1. The fourth-order valence-corrected chi connectivity index (χ4v) is 3.97.